The van der Waals surface area contributed by atoms with E-state index in [1.807, 2.05) is 30.3 Å². The predicted molar refractivity (Wildman–Crippen MR) is 115 cm³/mol. The van der Waals surface area contributed by atoms with Gasteiger partial charge >= 0.3 is 0 Å². The number of hydrogen-bond acceptors (Lipinski definition) is 6. The maximum absolute atomic E-state index is 5.38. The molecule has 0 saturated carbocycles. The van der Waals surface area contributed by atoms with Crippen molar-refractivity contribution < 1.29 is 9.47 Å². The van der Waals surface area contributed by atoms with Crippen molar-refractivity contribution in [2.45, 2.75) is 0 Å². The summed E-state index contributed by atoms with van der Waals surface area (Å²) >= 11 is 0. The number of hydrogen-bond donors (Lipinski definition) is 1. The largest absolute Gasteiger partial charge is 0.497 e. The molecule has 2 aromatic heterocycles. The molecule has 1 N–H and O–H groups in total. The smallest absolute Gasteiger partial charge is 0.156 e. The lowest BCUT2D eigenvalue weighted by Crippen LogP contribution is -2.47. The van der Waals surface area contributed by atoms with Crippen LogP contribution >= 0.6 is 0 Å². The molecular weight excluding hydrogens is 366 g/mol. The highest BCUT2D eigenvalue weighted by Crippen LogP contribution is 2.32. The van der Waals surface area contributed by atoms with E-state index in [0.717, 1.165) is 65.4 Å². The second-order valence-electron chi connectivity index (χ2n) is 7.13. The molecule has 3 heterocycles. The van der Waals surface area contributed by atoms with E-state index in [1.165, 1.54) is 5.69 Å². The second-order valence-corrected chi connectivity index (χ2v) is 7.13. The number of rotatable bonds is 4. The van der Waals surface area contributed by atoms with E-state index >= 15 is 0 Å². The van der Waals surface area contributed by atoms with Crippen molar-refractivity contribution in [3.63, 3.8) is 0 Å². The van der Waals surface area contributed by atoms with Gasteiger partial charge in [-0.1, -0.05) is 6.07 Å². The Morgan fingerprint density at radius 2 is 1.62 bits per heavy atom. The highest BCUT2D eigenvalue weighted by atomic mass is 16.5. The number of anilines is 2. The summed E-state index contributed by atoms with van der Waals surface area (Å²) in [6, 6.07) is 14.2. The van der Waals surface area contributed by atoms with Crippen molar-refractivity contribution in [2.75, 3.05) is 50.2 Å². The number of aromatic amines is 1. The first-order valence-corrected chi connectivity index (χ1v) is 9.71. The number of aromatic nitrogens is 3. The minimum absolute atomic E-state index is 0.825. The summed E-state index contributed by atoms with van der Waals surface area (Å²) in [5.74, 6) is 2.66. The number of fused-ring (bicyclic) bond motifs is 3. The predicted octanol–water partition coefficient (Wildman–Crippen LogP) is 3.45. The zero-order valence-corrected chi connectivity index (χ0v) is 16.6. The van der Waals surface area contributed by atoms with E-state index in [9.17, 15) is 0 Å². The van der Waals surface area contributed by atoms with E-state index in [2.05, 4.69) is 36.9 Å². The van der Waals surface area contributed by atoms with Gasteiger partial charge in [0.2, 0.25) is 0 Å². The lowest BCUT2D eigenvalue weighted by Gasteiger charge is -2.36. The van der Waals surface area contributed by atoms with Crippen LogP contribution in [0.4, 0.5) is 11.5 Å². The topological polar surface area (TPSA) is 66.5 Å². The minimum Gasteiger partial charge on any atom is -0.497 e. The van der Waals surface area contributed by atoms with E-state index in [-0.39, 0.29) is 0 Å². The van der Waals surface area contributed by atoms with Gasteiger partial charge in [0.25, 0.3) is 0 Å². The molecule has 4 aromatic rings. The average molecular weight is 389 g/mol. The molecule has 29 heavy (non-hydrogen) atoms. The fourth-order valence-electron chi connectivity index (χ4n) is 4.01. The highest BCUT2D eigenvalue weighted by molar-refractivity contribution is 6.08. The lowest BCUT2D eigenvalue weighted by atomic mass is 10.2. The third kappa shape index (κ3) is 3.08. The van der Waals surface area contributed by atoms with Crippen molar-refractivity contribution >= 4 is 33.4 Å². The Bertz CT molecular complexity index is 1160. The Kier molecular flexibility index (Phi) is 4.35. The molecule has 7 heteroatoms. The van der Waals surface area contributed by atoms with Crippen LogP contribution in [0.5, 0.6) is 11.5 Å². The Hall–Kier alpha value is -3.48. The van der Waals surface area contributed by atoms with Gasteiger partial charge in [-0.15, -0.1) is 0 Å². The molecule has 1 fully saturated rings. The highest BCUT2D eigenvalue weighted by Gasteiger charge is 2.22. The van der Waals surface area contributed by atoms with Crippen molar-refractivity contribution in [3.8, 4) is 11.5 Å². The molecule has 0 radical (unpaired) electrons. The summed E-state index contributed by atoms with van der Waals surface area (Å²) in [6.07, 6.45) is 1.65. The summed E-state index contributed by atoms with van der Waals surface area (Å²) in [5.41, 5.74) is 4.14. The number of nitrogens with one attached hydrogen (secondary N) is 1. The van der Waals surface area contributed by atoms with Crippen LogP contribution in [0.15, 0.2) is 48.8 Å². The number of piperazine rings is 1. The second kappa shape index (κ2) is 7.16. The third-order valence-electron chi connectivity index (χ3n) is 5.57. The van der Waals surface area contributed by atoms with E-state index < -0.39 is 0 Å². The summed E-state index contributed by atoms with van der Waals surface area (Å²) < 4.78 is 10.7. The first-order valence-electron chi connectivity index (χ1n) is 9.71. The summed E-state index contributed by atoms with van der Waals surface area (Å²) in [7, 11) is 3.38. The van der Waals surface area contributed by atoms with E-state index in [0.29, 0.717) is 0 Å². The van der Waals surface area contributed by atoms with Gasteiger partial charge in [-0.05, 0) is 30.3 Å². The number of H-pyrrole nitrogens is 1. The van der Waals surface area contributed by atoms with Gasteiger partial charge in [0.15, 0.2) is 5.82 Å². The van der Waals surface area contributed by atoms with Gasteiger partial charge in [0.1, 0.15) is 28.9 Å². The van der Waals surface area contributed by atoms with Crippen molar-refractivity contribution in [1.29, 1.82) is 0 Å². The maximum Gasteiger partial charge on any atom is 0.156 e. The molecule has 0 aliphatic carbocycles. The van der Waals surface area contributed by atoms with Crippen LogP contribution in [0, 0.1) is 0 Å². The molecule has 7 nitrogen and oxygen atoms in total. The van der Waals surface area contributed by atoms with Gasteiger partial charge in [0.05, 0.1) is 14.2 Å². The standard InChI is InChI=1S/C22H23N5O2/c1-28-16-5-3-4-15(12-16)26-8-10-27(11-9-26)22-21-20(23-14-24-22)18-13-17(29-2)6-7-19(18)25-21/h3-7,12-14,25H,8-11H2,1-2H3. The van der Waals surface area contributed by atoms with Gasteiger partial charge in [0, 0.05) is 48.8 Å². The number of benzene rings is 2. The number of ether oxygens (including phenoxy) is 2. The number of methoxy groups -OCH3 is 2. The average Bonchev–Trinajstić information content (AvgIpc) is 3.17. The molecule has 148 valence electrons. The van der Waals surface area contributed by atoms with Gasteiger partial charge in [-0.25, -0.2) is 9.97 Å². The van der Waals surface area contributed by atoms with Crippen molar-refractivity contribution in [1.82, 2.24) is 15.0 Å². The molecule has 2 aromatic carbocycles. The van der Waals surface area contributed by atoms with Crippen LogP contribution in [0.3, 0.4) is 0 Å². The molecule has 0 atom stereocenters. The lowest BCUT2D eigenvalue weighted by molar-refractivity contribution is 0.414. The molecule has 0 amide bonds. The minimum atomic E-state index is 0.825. The Balaban J connectivity index is 1.43. The van der Waals surface area contributed by atoms with Crippen LogP contribution in [0.25, 0.3) is 21.9 Å². The number of nitrogens with zero attached hydrogens (tertiary/aromatic N) is 4. The normalized spacial score (nSPS) is 14.6. The molecule has 0 spiro atoms. The molecule has 1 aliphatic rings. The van der Waals surface area contributed by atoms with Crippen molar-refractivity contribution in [3.05, 3.63) is 48.8 Å². The van der Waals surface area contributed by atoms with Crippen molar-refractivity contribution in [2.24, 2.45) is 0 Å². The molecule has 1 saturated heterocycles. The Morgan fingerprint density at radius 3 is 2.41 bits per heavy atom. The summed E-state index contributed by atoms with van der Waals surface area (Å²) in [5, 5.41) is 1.05. The van der Waals surface area contributed by atoms with Gasteiger partial charge in [-0.3, -0.25) is 0 Å². The fourth-order valence-corrected chi connectivity index (χ4v) is 4.01. The van der Waals surface area contributed by atoms with Gasteiger partial charge < -0.3 is 24.3 Å². The molecule has 1 aliphatic heterocycles. The van der Waals surface area contributed by atoms with Crippen LogP contribution in [0.1, 0.15) is 0 Å². The summed E-state index contributed by atoms with van der Waals surface area (Å²) in [6.45, 7) is 3.63. The Labute approximate surface area is 168 Å². The summed E-state index contributed by atoms with van der Waals surface area (Å²) in [4.78, 5) is 17.4. The molecular formula is C22H23N5O2. The SMILES string of the molecule is COc1cccc(N2CCN(c3ncnc4c3[nH]c3ccc(OC)cc34)CC2)c1. The first-order chi connectivity index (χ1) is 14.3. The zero-order valence-electron chi connectivity index (χ0n) is 16.6. The molecule has 0 unspecified atom stereocenters. The van der Waals surface area contributed by atoms with E-state index in [1.54, 1.807) is 20.5 Å². The first kappa shape index (κ1) is 17.6. The molecule has 0 bridgehead atoms. The van der Waals surface area contributed by atoms with Crippen LogP contribution in [0.2, 0.25) is 0 Å². The van der Waals surface area contributed by atoms with Crippen LogP contribution in [-0.4, -0.2) is 55.4 Å². The van der Waals surface area contributed by atoms with E-state index in [4.69, 9.17) is 9.47 Å². The third-order valence-corrected chi connectivity index (χ3v) is 5.57. The van der Waals surface area contributed by atoms with Crippen LogP contribution < -0.4 is 19.3 Å². The fraction of sp³-hybridized carbons (Fsp3) is 0.273. The zero-order chi connectivity index (χ0) is 19.8. The monoisotopic (exact) mass is 389 g/mol. The maximum atomic E-state index is 5.38. The van der Waals surface area contributed by atoms with Gasteiger partial charge in [-0.2, -0.15) is 0 Å². The van der Waals surface area contributed by atoms with Crippen LogP contribution in [-0.2, 0) is 0 Å². The molecule has 5 rings (SSSR count). The quantitative estimate of drug-likeness (QED) is 0.577. The Morgan fingerprint density at radius 1 is 0.862 bits per heavy atom.